The van der Waals surface area contributed by atoms with Crippen LogP contribution in [0.4, 0.5) is 28.0 Å². The second-order valence-electron chi connectivity index (χ2n) is 8.47. The molecule has 1 unspecified atom stereocenters. The number of likely N-dealkylation sites (tertiary alicyclic amines) is 1. The van der Waals surface area contributed by atoms with Gasteiger partial charge in [-0.05, 0) is 48.9 Å². The SMILES string of the molecule is O=C1CCC(Br)N1Cc1cc(Oc2ccc3c(ccn3C(=O)Nc3ccc(F)c(C(F)(F)F)c3)c2)ncn1. The molecule has 1 fully saturated rings. The summed E-state index contributed by atoms with van der Waals surface area (Å²) in [7, 11) is 0. The van der Waals surface area contributed by atoms with Gasteiger partial charge in [-0.15, -0.1) is 0 Å². The Labute approximate surface area is 221 Å². The van der Waals surface area contributed by atoms with Crippen LogP contribution in [0.3, 0.4) is 0 Å². The number of rotatable bonds is 5. The number of fused-ring (bicyclic) bond motifs is 1. The number of carbonyl (C=O) groups excluding carboxylic acids is 2. The smallest absolute Gasteiger partial charge is 0.419 e. The fourth-order valence-electron chi connectivity index (χ4n) is 4.07. The number of carbonyl (C=O) groups is 2. The molecule has 2 aromatic carbocycles. The van der Waals surface area contributed by atoms with Gasteiger partial charge in [0.2, 0.25) is 11.8 Å². The Hall–Kier alpha value is -4.00. The molecule has 4 aromatic rings. The number of alkyl halides is 4. The molecule has 0 radical (unpaired) electrons. The third-order valence-corrected chi connectivity index (χ3v) is 6.86. The van der Waals surface area contributed by atoms with Crippen molar-refractivity contribution in [1.82, 2.24) is 19.4 Å². The van der Waals surface area contributed by atoms with Crippen LogP contribution in [-0.4, -0.2) is 36.3 Å². The van der Waals surface area contributed by atoms with Crippen LogP contribution < -0.4 is 10.1 Å². The highest BCUT2D eigenvalue weighted by Gasteiger charge is 2.34. The molecule has 0 saturated carbocycles. The van der Waals surface area contributed by atoms with Gasteiger partial charge in [-0.2, -0.15) is 13.2 Å². The fourth-order valence-corrected chi connectivity index (χ4v) is 4.67. The van der Waals surface area contributed by atoms with Crippen molar-refractivity contribution in [1.29, 1.82) is 0 Å². The Morgan fingerprint density at radius 3 is 2.68 bits per heavy atom. The molecule has 1 N–H and O–H groups in total. The molecule has 0 spiro atoms. The molecular weight excluding hydrogens is 574 g/mol. The zero-order chi connectivity index (χ0) is 27.0. The largest absolute Gasteiger partial charge is 0.439 e. The first-order valence-electron chi connectivity index (χ1n) is 11.3. The van der Waals surface area contributed by atoms with E-state index < -0.39 is 23.6 Å². The summed E-state index contributed by atoms with van der Waals surface area (Å²) < 4.78 is 59.6. The zero-order valence-electron chi connectivity index (χ0n) is 19.4. The lowest BCUT2D eigenvalue weighted by Crippen LogP contribution is -2.28. The van der Waals surface area contributed by atoms with E-state index >= 15 is 0 Å². The van der Waals surface area contributed by atoms with Gasteiger partial charge in [-0.25, -0.2) is 19.2 Å². The second kappa shape index (κ2) is 10.0. The third-order valence-electron chi connectivity index (χ3n) is 5.91. The van der Waals surface area contributed by atoms with Crippen LogP contribution in [0, 0.1) is 5.82 Å². The summed E-state index contributed by atoms with van der Waals surface area (Å²) in [6, 6.07) is 9.65. The van der Waals surface area contributed by atoms with E-state index in [4.69, 9.17) is 4.74 Å². The van der Waals surface area contributed by atoms with Gasteiger partial charge in [0, 0.05) is 29.8 Å². The van der Waals surface area contributed by atoms with E-state index in [0.29, 0.717) is 47.4 Å². The predicted molar refractivity (Wildman–Crippen MR) is 132 cm³/mol. The van der Waals surface area contributed by atoms with Gasteiger partial charge < -0.3 is 15.0 Å². The van der Waals surface area contributed by atoms with E-state index in [1.807, 2.05) is 0 Å². The van der Waals surface area contributed by atoms with E-state index in [2.05, 4.69) is 31.2 Å². The first kappa shape index (κ1) is 25.6. The van der Waals surface area contributed by atoms with Crippen molar-refractivity contribution in [3.05, 3.63) is 78.1 Å². The van der Waals surface area contributed by atoms with Gasteiger partial charge in [0.25, 0.3) is 0 Å². The number of amides is 2. The Balaban J connectivity index is 1.31. The van der Waals surface area contributed by atoms with E-state index in [9.17, 15) is 27.2 Å². The van der Waals surface area contributed by atoms with Gasteiger partial charge in [-0.1, -0.05) is 15.9 Å². The summed E-state index contributed by atoms with van der Waals surface area (Å²) >= 11 is 3.48. The van der Waals surface area contributed by atoms with Gasteiger partial charge >= 0.3 is 12.2 Å². The number of anilines is 1. The first-order chi connectivity index (χ1) is 18.1. The van der Waals surface area contributed by atoms with Crippen LogP contribution in [0.2, 0.25) is 0 Å². The molecule has 8 nitrogen and oxygen atoms in total. The lowest BCUT2D eigenvalue weighted by atomic mass is 10.2. The van der Waals surface area contributed by atoms with Gasteiger partial charge in [0.15, 0.2) is 0 Å². The Bertz CT molecular complexity index is 1540. The molecule has 38 heavy (non-hydrogen) atoms. The maximum atomic E-state index is 13.5. The molecule has 2 aromatic heterocycles. The van der Waals surface area contributed by atoms with Gasteiger partial charge in [0.05, 0.1) is 28.3 Å². The molecule has 13 heteroatoms. The molecule has 0 bridgehead atoms. The van der Waals surface area contributed by atoms with Crippen LogP contribution in [0.15, 0.2) is 61.1 Å². The molecule has 196 valence electrons. The van der Waals surface area contributed by atoms with Crippen LogP contribution in [-0.2, 0) is 17.5 Å². The maximum Gasteiger partial charge on any atom is 0.419 e. The topological polar surface area (TPSA) is 89.4 Å². The number of aromatic nitrogens is 3. The molecule has 1 atom stereocenters. The molecule has 0 aliphatic carbocycles. The summed E-state index contributed by atoms with van der Waals surface area (Å²) in [6.07, 6.45) is -0.907. The number of ether oxygens (including phenoxy) is 1. The fraction of sp³-hybridized carbons (Fsp3) is 0.200. The highest BCUT2D eigenvalue weighted by Crippen LogP contribution is 2.33. The first-order valence-corrected chi connectivity index (χ1v) is 12.2. The zero-order valence-corrected chi connectivity index (χ0v) is 21.0. The second-order valence-corrected chi connectivity index (χ2v) is 9.53. The molecule has 2 amide bonds. The van der Waals surface area contributed by atoms with Crippen molar-refractivity contribution in [3.63, 3.8) is 0 Å². The van der Waals surface area contributed by atoms with Gasteiger partial charge in [0.1, 0.15) is 17.9 Å². The molecule has 1 aliphatic heterocycles. The number of nitrogens with zero attached hydrogens (tertiary/aromatic N) is 4. The minimum atomic E-state index is -4.90. The number of halogens is 5. The predicted octanol–water partition coefficient (Wildman–Crippen LogP) is 6.31. The number of hydrogen-bond donors (Lipinski definition) is 1. The van der Waals surface area contributed by atoms with Crippen molar-refractivity contribution >= 4 is 44.5 Å². The normalized spacial score (nSPS) is 15.8. The number of benzene rings is 2. The van der Waals surface area contributed by atoms with Crippen molar-refractivity contribution in [2.45, 2.75) is 30.5 Å². The molecule has 1 aliphatic rings. The minimum Gasteiger partial charge on any atom is -0.439 e. The minimum absolute atomic E-state index is 0.0344. The average Bonchev–Trinajstić information content (AvgIpc) is 3.43. The van der Waals surface area contributed by atoms with Crippen molar-refractivity contribution < 1.29 is 31.9 Å². The lowest BCUT2D eigenvalue weighted by molar-refractivity contribution is -0.140. The van der Waals surface area contributed by atoms with Crippen LogP contribution in [0.25, 0.3) is 10.9 Å². The summed E-state index contributed by atoms with van der Waals surface area (Å²) in [5.41, 5.74) is -0.603. The van der Waals surface area contributed by atoms with E-state index in [1.165, 1.54) is 17.1 Å². The quantitative estimate of drug-likeness (QED) is 0.167. The Morgan fingerprint density at radius 2 is 1.95 bits per heavy atom. The molecule has 5 rings (SSSR count). The van der Waals surface area contributed by atoms with E-state index in [1.54, 1.807) is 35.2 Å². The average molecular weight is 592 g/mol. The number of nitrogens with one attached hydrogen (secondary N) is 1. The van der Waals surface area contributed by atoms with Crippen molar-refractivity contribution in [2.75, 3.05) is 5.32 Å². The summed E-state index contributed by atoms with van der Waals surface area (Å²) in [5.74, 6) is -0.709. The summed E-state index contributed by atoms with van der Waals surface area (Å²) in [4.78, 5) is 34.7. The lowest BCUT2D eigenvalue weighted by Gasteiger charge is -2.19. The Kier molecular flexibility index (Phi) is 6.78. The molecule has 1 saturated heterocycles. The Morgan fingerprint density at radius 1 is 1.13 bits per heavy atom. The molecular formula is C25H18BrF4N5O3. The van der Waals surface area contributed by atoms with Crippen LogP contribution in [0.5, 0.6) is 11.6 Å². The monoisotopic (exact) mass is 591 g/mol. The van der Waals surface area contributed by atoms with Crippen molar-refractivity contribution in [3.8, 4) is 11.6 Å². The van der Waals surface area contributed by atoms with Crippen LogP contribution >= 0.6 is 15.9 Å². The summed E-state index contributed by atoms with van der Waals surface area (Å²) in [5, 5.41) is 2.97. The van der Waals surface area contributed by atoms with Gasteiger partial charge in [-0.3, -0.25) is 9.36 Å². The van der Waals surface area contributed by atoms with E-state index in [-0.39, 0.29) is 22.4 Å². The maximum absolute atomic E-state index is 13.5. The summed E-state index contributed by atoms with van der Waals surface area (Å²) in [6.45, 7) is 0.309. The number of hydrogen-bond acceptors (Lipinski definition) is 5. The molecule has 3 heterocycles. The highest BCUT2D eigenvalue weighted by atomic mass is 79.9. The standard InChI is InChI=1S/C25H18BrF4N5O3/c26-21-5-6-23(36)35(21)12-16-11-22(32-13-31-16)38-17-2-4-20-14(9-17)7-8-34(20)24(37)33-15-1-3-19(27)18(10-15)25(28,29)30/h1-4,7-11,13,21H,5-6,12H2,(H,33,37). The van der Waals surface area contributed by atoms with Crippen molar-refractivity contribution in [2.24, 2.45) is 0 Å². The highest BCUT2D eigenvalue weighted by molar-refractivity contribution is 9.09. The third kappa shape index (κ3) is 5.32. The van der Waals surface area contributed by atoms with E-state index in [0.717, 1.165) is 12.5 Å². The van der Waals surface area contributed by atoms with Crippen LogP contribution in [0.1, 0.15) is 24.1 Å².